The van der Waals surface area contributed by atoms with Crippen molar-refractivity contribution < 1.29 is 4.79 Å². The first-order valence-electron chi connectivity index (χ1n) is 7.77. The van der Waals surface area contributed by atoms with E-state index in [-0.39, 0.29) is 11.6 Å². The van der Waals surface area contributed by atoms with E-state index in [9.17, 15) is 4.79 Å². The highest BCUT2D eigenvalue weighted by Crippen LogP contribution is 2.25. The molecule has 3 aromatic rings. The molecule has 132 valence electrons. The lowest BCUT2D eigenvalue weighted by molar-refractivity contribution is 0.102. The predicted molar refractivity (Wildman–Crippen MR) is 103 cm³/mol. The summed E-state index contributed by atoms with van der Waals surface area (Å²) in [5.41, 5.74) is 1.55. The third kappa shape index (κ3) is 4.68. The summed E-state index contributed by atoms with van der Waals surface area (Å²) in [6.45, 7) is 2.21. The molecule has 3 rings (SSSR count). The van der Waals surface area contributed by atoms with Gasteiger partial charge in [-0.2, -0.15) is 0 Å². The quantitative estimate of drug-likeness (QED) is 0.679. The second-order valence-corrected chi connectivity index (χ2v) is 6.28. The minimum absolute atomic E-state index is 0.229. The Hall–Kier alpha value is -2.70. The van der Waals surface area contributed by atoms with Gasteiger partial charge in [-0.05, 0) is 37.3 Å². The first-order valence-corrected chi connectivity index (χ1v) is 8.53. The number of rotatable bonds is 5. The zero-order valence-corrected chi connectivity index (χ0v) is 15.3. The molecule has 0 spiro atoms. The number of benzene rings is 1. The Balaban J connectivity index is 1.75. The number of aryl methyl sites for hydroxylation is 1. The second kappa shape index (κ2) is 8.12. The van der Waals surface area contributed by atoms with Crippen LogP contribution in [0.25, 0.3) is 0 Å². The SMILES string of the molecule is Cc1nc(NCc2ccccn2)cc(C(=O)Nc2ccc(Cl)cc2Cl)n1. The van der Waals surface area contributed by atoms with Gasteiger partial charge in [0.2, 0.25) is 0 Å². The Morgan fingerprint density at radius 1 is 1.12 bits per heavy atom. The maximum Gasteiger partial charge on any atom is 0.274 e. The third-order valence-electron chi connectivity index (χ3n) is 3.43. The number of halogens is 2. The first-order chi connectivity index (χ1) is 12.5. The first kappa shape index (κ1) is 18.1. The van der Waals surface area contributed by atoms with Gasteiger partial charge in [-0.3, -0.25) is 9.78 Å². The fourth-order valence-corrected chi connectivity index (χ4v) is 2.69. The highest BCUT2D eigenvalue weighted by molar-refractivity contribution is 6.36. The fraction of sp³-hybridized carbons (Fsp3) is 0.111. The molecule has 0 aliphatic heterocycles. The smallest absolute Gasteiger partial charge is 0.274 e. The number of pyridine rings is 1. The van der Waals surface area contributed by atoms with E-state index in [1.54, 1.807) is 37.4 Å². The van der Waals surface area contributed by atoms with E-state index >= 15 is 0 Å². The molecule has 0 bridgehead atoms. The lowest BCUT2D eigenvalue weighted by Crippen LogP contribution is -2.16. The third-order valence-corrected chi connectivity index (χ3v) is 3.97. The summed E-state index contributed by atoms with van der Waals surface area (Å²) in [7, 11) is 0. The molecule has 0 aliphatic rings. The van der Waals surface area contributed by atoms with Gasteiger partial charge in [-0.15, -0.1) is 0 Å². The van der Waals surface area contributed by atoms with Crippen LogP contribution in [0, 0.1) is 6.92 Å². The normalized spacial score (nSPS) is 10.4. The van der Waals surface area contributed by atoms with Crippen LogP contribution in [0.15, 0.2) is 48.7 Å². The van der Waals surface area contributed by atoms with Crippen molar-refractivity contribution in [2.24, 2.45) is 0 Å². The van der Waals surface area contributed by atoms with Crippen LogP contribution >= 0.6 is 23.2 Å². The minimum Gasteiger partial charge on any atom is -0.364 e. The van der Waals surface area contributed by atoms with Crippen molar-refractivity contribution >= 4 is 40.6 Å². The molecule has 2 N–H and O–H groups in total. The number of hydrogen-bond acceptors (Lipinski definition) is 5. The maximum absolute atomic E-state index is 12.5. The molecule has 8 heteroatoms. The Kier molecular flexibility index (Phi) is 5.65. The van der Waals surface area contributed by atoms with Gasteiger partial charge in [0, 0.05) is 17.3 Å². The lowest BCUT2D eigenvalue weighted by atomic mass is 10.3. The van der Waals surface area contributed by atoms with Crippen LogP contribution in [-0.4, -0.2) is 20.9 Å². The molecular formula is C18H15Cl2N5O. The van der Waals surface area contributed by atoms with Gasteiger partial charge in [-0.1, -0.05) is 29.3 Å². The van der Waals surface area contributed by atoms with Crippen LogP contribution in [0.3, 0.4) is 0 Å². The number of nitrogens with zero attached hydrogens (tertiary/aromatic N) is 3. The molecule has 1 aromatic carbocycles. The Bertz CT molecular complexity index is 934. The van der Waals surface area contributed by atoms with E-state index in [0.717, 1.165) is 5.69 Å². The van der Waals surface area contributed by atoms with Crippen LogP contribution in [0.1, 0.15) is 22.0 Å². The zero-order valence-electron chi connectivity index (χ0n) is 13.8. The van der Waals surface area contributed by atoms with Crippen molar-refractivity contribution in [2.45, 2.75) is 13.5 Å². The summed E-state index contributed by atoms with van der Waals surface area (Å²) in [5, 5.41) is 6.71. The number of carbonyl (C=O) groups excluding carboxylic acids is 1. The van der Waals surface area contributed by atoms with Crippen LogP contribution in [0.5, 0.6) is 0 Å². The Morgan fingerprint density at radius 3 is 2.69 bits per heavy atom. The van der Waals surface area contributed by atoms with Crippen molar-refractivity contribution in [3.63, 3.8) is 0 Å². The average molecular weight is 388 g/mol. The molecule has 0 fully saturated rings. The number of aromatic nitrogens is 3. The topological polar surface area (TPSA) is 79.8 Å². The van der Waals surface area contributed by atoms with Gasteiger partial charge in [0.05, 0.1) is 22.9 Å². The monoisotopic (exact) mass is 387 g/mol. The van der Waals surface area contributed by atoms with Gasteiger partial charge in [0.15, 0.2) is 0 Å². The van der Waals surface area contributed by atoms with E-state index in [2.05, 4.69) is 25.6 Å². The summed E-state index contributed by atoms with van der Waals surface area (Å²) in [5.74, 6) is 0.625. The van der Waals surface area contributed by atoms with Crippen molar-refractivity contribution in [3.05, 3.63) is 75.9 Å². The van der Waals surface area contributed by atoms with E-state index in [0.29, 0.717) is 33.9 Å². The number of hydrogen-bond donors (Lipinski definition) is 2. The lowest BCUT2D eigenvalue weighted by Gasteiger charge is -2.10. The average Bonchev–Trinajstić information content (AvgIpc) is 2.63. The molecule has 0 aliphatic carbocycles. The van der Waals surface area contributed by atoms with Crippen molar-refractivity contribution in [1.82, 2.24) is 15.0 Å². The minimum atomic E-state index is -0.388. The summed E-state index contributed by atoms with van der Waals surface area (Å²) in [4.78, 5) is 25.2. The molecule has 2 heterocycles. The van der Waals surface area contributed by atoms with Gasteiger partial charge < -0.3 is 10.6 Å². The molecule has 0 radical (unpaired) electrons. The van der Waals surface area contributed by atoms with Crippen molar-refractivity contribution in [1.29, 1.82) is 0 Å². The highest BCUT2D eigenvalue weighted by Gasteiger charge is 2.13. The van der Waals surface area contributed by atoms with E-state index in [4.69, 9.17) is 23.2 Å². The van der Waals surface area contributed by atoms with Gasteiger partial charge in [0.25, 0.3) is 5.91 Å². The molecular weight excluding hydrogens is 373 g/mol. The summed E-state index contributed by atoms with van der Waals surface area (Å²) >= 11 is 12.0. The number of anilines is 2. The van der Waals surface area contributed by atoms with Gasteiger partial charge in [-0.25, -0.2) is 9.97 Å². The number of carbonyl (C=O) groups is 1. The molecule has 2 aromatic heterocycles. The Labute approximate surface area is 160 Å². The zero-order chi connectivity index (χ0) is 18.5. The van der Waals surface area contributed by atoms with Crippen LogP contribution < -0.4 is 10.6 Å². The molecule has 6 nitrogen and oxygen atoms in total. The summed E-state index contributed by atoms with van der Waals surface area (Å²) in [6.07, 6.45) is 1.72. The van der Waals surface area contributed by atoms with E-state index in [1.807, 2.05) is 18.2 Å². The molecule has 26 heavy (non-hydrogen) atoms. The molecule has 0 unspecified atom stereocenters. The van der Waals surface area contributed by atoms with Crippen molar-refractivity contribution in [2.75, 3.05) is 10.6 Å². The van der Waals surface area contributed by atoms with E-state index < -0.39 is 0 Å². The standard InChI is InChI=1S/C18H15Cl2N5O/c1-11-23-16(18(26)25-15-6-5-12(19)8-14(15)20)9-17(24-11)22-10-13-4-2-3-7-21-13/h2-9H,10H2,1H3,(H,25,26)(H,22,23,24). The highest BCUT2D eigenvalue weighted by atomic mass is 35.5. The Morgan fingerprint density at radius 2 is 1.96 bits per heavy atom. The second-order valence-electron chi connectivity index (χ2n) is 5.44. The number of nitrogens with one attached hydrogen (secondary N) is 2. The predicted octanol–water partition coefficient (Wildman–Crippen LogP) is 4.35. The number of amides is 1. The molecule has 1 amide bonds. The molecule has 0 saturated carbocycles. The molecule has 0 atom stereocenters. The summed E-state index contributed by atoms with van der Waals surface area (Å²) in [6, 6.07) is 12.1. The van der Waals surface area contributed by atoms with Crippen LogP contribution in [-0.2, 0) is 6.54 Å². The van der Waals surface area contributed by atoms with Gasteiger partial charge >= 0.3 is 0 Å². The maximum atomic E-state index is 12.5. The van der Waals surface area contributed by atoms with Crippen LogP contribution in [0.4, 0.5) is 11.5 Å². The van der Waals surface area contributed by atoms with Crippen LogP contribution in [0.2, 0.25) is 10.0 Å². The largest absolute Gasteiger partial charge is 0.364 e. The van der Waals surface area contributed by atoms with Crippen molar-refractivity contribution in [3.8, 4) is 0 Å². The fourth-order valence-electron chi connectivity index (χ4n) is 2.24. The van der Waals surface area contributed by atoms with E-state index in [1.165, 1.54) is 0 Å². The molecule has 0 saturated heterocycles. The van der Waals surface area contributed by atoms with Gasteiger partial charge in [0.1, 0.15) is 17.3 Å². The summed E-state index contributed by atoms with van der Waals surface area (Å²) < 4.78 is 0.